The van der Waals surface area contributed by atoms with Gasteiger partial charge in [0.25, 0.3) is 0 Å². The fourth-order valence-corrected chi connectivity index (χ4v) is 2.30. The molecule has 3 heteroatoms. The molecule has 0 saturated carbocycles. The van der Waals surface area contributed by atoms with E-state index in [2.05, 4.69) is 60.4 Å². The maximum absolute atomic E-state index is 3.48. The number of anilines is 2. The molecule has 1 aromatic rings. The zero-order chi connectivity index (χ0) is 12.3. The van der Waals surface area contributed by atoms with Crippen LogP contribution in [0.25, 0.3) is 0 Å². The lowest BCUT2D eigenvalue weighted by atomic mass is 10.1. The molecule has 1 fully saturated rings. The standard InChI is InChI=1S/C14H23N3/c1-12-10-15-7-8-17(11-12)14-6-4-5-13(9-14)16(2)3/h4-6,9,12,15H,7-8,10-11H2,1-3H3. The number of benzene rings is 1. The highest BCUT2D eigenvalue weighted by Crippen LogP contribution is 2.22. The molecule has 0 radical (unpaired) electrons. The summed E-state index contributed by atoms with van der Waals surface area (Å²) in [5.74, 6) is 0.709. The summed E-state index contributed by atoms with van der Waals surface area (Å²) in [6.45, 7) is 6.76. The quantitative estimate of drug-likeness (QED) is 0.840. The molecule has 0 aromatic heterocycles. The molecule has 1 aliphatic heterocycles. The van der Waals surface area contributed by atoms with Crippen molar-refractivity contribution < 1.29 is 0 Å². The first-order chi connectivity index (χ1) is 8.16. The Bertz CT molecular complexity index is 362. The lowest BCUT2D eigenvalue weighted by Gasteiger charge is -2.26. The zero-order valence-corrected chi connectivity index (χ0v) is 11.1. The summed E-state index contributed by atoms with van der Waals surface area (Å²) >= 11 is 0. The van der Waals surface area contributed by atoms with E-state index in [1.165, 1.54) is 11.4 Å². The van der Waals surface area contributed by atoms with Gasteiger partial charge >= 0.3 is 0 Å². The van der Waals surface area contributed by atoms with E-state index in [1.807, 2.05) is 0 Å². The summed E-state index contributed by atoms with van der Waals surface area (Å²) in [5, 5.41) is 3.48. The molecule has 1 unspecified atom stereocenters. The summed E-state index contributed by atoms with van der Waals surface area (Å²) in [7, 11) is 4.18. The SMILES string of the molecule is CC1CNCCN(c2cccc(N(C)C)c2)C1. The van der Waals surface area contributed by atoms with E-state index < -0.39 is 0 Å². The molecular weight excluding hydrogens is 210 g/mol. The van der Waals surface area contributed by atoms with Crippen LogP contribution < -0.4 is 15.1 Å². The molecule has 1 atom stereocenters. The van der Waals surface area contributed by atoms with Gasteiger partial charge in [-0.2, -0.15) is 0 Å². The molecule has 0 bridgehead atoms. The van der Waals surface area contributed by atoms with Crippen LogP contribution in [-0.2, 0) is 0 Å². The second-order valence-electron chi connectivity index (χ2n) is 5.17. The molecule has 3 nitrogen and oxygen atoms in total. The van der Waals surface area contributed by atoms with Crippen molar-refractivity contribution in [2.75, 3.05) is 50.1 Å². The van der Waals surface area contributed by atoms with Gasteiger partial charge in [0.05, 0.1) is 0 Å². The first-order valence-corrected chi connectivity index (χ1v) is 6.40. The Labute approximate surface area is 104 Å². The van der Waals surface area contributed by atoms with E-state index in [1.54, 1.807) is 0 Å². The van der Waals surface area contributed by atoms with Crippen molar-refractivity contribution in [3.8, 4) is 0 Å². The molecule has 0 spiro atoms. The highest BCUT2D eigenvalue weighted by Gasteiger charge is 2.14. The summed E-state index contributed by atoms with van der Waals surface area (Å²) < 4.78 is 0. The second kappa shape index (κ2) is 5.41. The highest BCUT2D eigenvalue weighted by atomic mass is 15.2. The Morgan fingerprint density at radius 2 is 2.18 bits per heavy atom. The van der Waals surface area contributed by atoms with Gasteiger partial charge in [-0.3, -0.25) is 0 Å². The minimum Gasteiger partial charge on any atom is -0.378 e. The highest BCUT2D eigenvalue weighted by molar-refractivity contribution is 5.58. The van der Waals surface area contributed by atoms with E-state index in [4.69, 9.17) is 0 Å². The molecule has 2 rings (SSSR count). The smallest absolute Gasteiger partial charge is 0.0387 e. The molecule has 0 aliphatic carbocycles. The topological polar surface area (TPSA) is 18.5 Å². The van der Waals surface area contributed by atoms with Gasteiger partial charge in [0.2, 0.25) is 0 Å². The van der Waals surface area contributed by atoms with Crippen LogP contribution in [0, 0.1) is 5.92 Å². The molecule has 1 heterocycles. The van der Waals surface area contributed by atoms with Gasteiger partial charge < -0.3 is 15.1 Å². The largest absolute Gasteiger partial charge is 0.378 e. The van der Waals surface area contributed by atoms with Crippen molar-refractivity contribution in [3.63, 3.8) is 0 Å². The van der Waals surface area contributed by atoms with Gasteiger partial charge in [0.1, 0.15) is 0 Å². The fourth-order valence-electron chi connectivity index (χ4n) is 2.30. The maximum Gasteiger partial charge on any atom is 0.0387 e. The maximum atomic E-state index is 3.48. The summed E-state index contributed by atoms with van der Waals surface area (Å²) in [6.07, 6.45) is 0. The van der Waals surface area contributed by atoms with Crippen molar-refractivity contribution in [2.24, 2.45) is 5.92 Å². The van der Waals surface area contributed by atoms with Gasteiger partial charge in [-0.15, -0.1) is 0 Å². The normalized spacial score (nSPS) is 21.1. The Kier molecular flexibility index (Phi) is 3.89. The number of rotatable bonds is 2. The molecule has 94 valence electrons. The third kappa shape index (κ3) is 3.13. The van der Waals surface area contributed by atoms with Gasteiger partial charge in [-0.05, 0) is 30.7 Å². The molecule has 1 aromatic carbocycles. The van der Waals surface area contributed by atoms with E-state index in [9.17, 15) is 0 Å². The number of hydrogen-bond acceptors (Lipinski definition) is 3. The molecule has 0 amide bonds. The van der Waals surface area contributed by atoms with Gasteiger partial charge in [0, 0.05) is 45.1 Å². The van der Waals surface area contributed by atoms with Crippen LogP contribution >= 0.6 is 0 Å². The molecule has 1 N–H and O–H groups in total. The Balaban J connectivity index is 2.17. The van der Waals surface area contributed by atoms with Crippen LogP contribution in [0.15, 0.2) is 24.3 Å². The third-order valence-electron chi connectivity index (χ3n) is 3.29. The minimum atomic E-state index is 0.709. The average Bonchev–Trinajstić information content (AvgIpc) is 2.54. The molecule has 17 heavy (non-hydrogen) atoms. The molecule has 1 aliphatic rings. The monoisotopic (exact) mass is 233 g/mol. The fraction of sp³-hybridized carbons (Fsp3) is 0.571. The molecule has 1 saturated heterocycles. The van der Waals surface area contributed by atoms with E-state index in [0.29, 0.717) is 5.92 Å². The van der Waals surface area contributed by atoms with E-state index in [0.717, 1.165) is 26.2 Å². The van der Waals surface area contributed by atoms with Crippen molar-refractivity contribution >= 4 is 11.4 Å². The van der Waals surface area contributed by atoms with Gasteiger partial charge in [-0.1, -0.05) is 13.0 Å². The predicted molar refractivity (Wildman–Crippen MR) is 75.0 cm³/mol. The molecular formula is C14H23N3. The summed E-state index contributed by atoms with van der Waals surface area (Å²) in [6, 6.07) is 8.79. The lowest BCUT2D eigenvalue weighted by molar-refractivity contribution is 0.564. The minimum absolute atomic E-state index is 0.709. The van der Waals surface area contributed by atoms with Crippen LogP contribution in [0.1, 0.15) is 6.92 Å². The summed E-state index contributed by atoms with van der Waals surface area (Å²) in [5.41, 5.74) is 2.61. The Morgan fingerprint density at radius 3 is 2.94 bits per heavy atom. The van der Waals surface area contributed by atoms with Gasteiger partial charge in [0.15, 0.2) is 0 Å². The predicted octanol–water partition coefficient (Wildman–Crippen LogP) is 1.80. The average molecular weight is 233 g/mol. The number of nitrogens with one attached hydrogen (secondary N) is 1. The number of hydrogen-bond donors (Lipinski definition) is 1. The Morgan fingerprint density at radius 1 is 1.35 bits per heavy atom. The zero-order valence-electron chi connectivity index (χ0n) is 11.1. The van der Waals surface area contributed by atoms with Crippen LogP contribution in [0.4, 0.5) is 11.4 Å². The van der Waals surface area contributed by atoms with Crippen LogP contribution in [-0.4, -0.2) is 40.3 Å². The van der Waals surface area contributed by atoms with Crippen molar-refractivity contribution in [2.45, 2.75) is 6.92 Å². The van der Waals surface area contributed by atoms with Crippen molar-refractivity contribution in [1.82, 2.24) is 5.32 Å². The lowest BCUT2D eigenvalue weighted by Crippen LogP contribution is -2.29. The van der Waals surface area contributed by atoms with Crippen molar-refractivity contribution in [3.05, 3.63) is 24.3 Å². The van der Waals surface area contributed by atoms with Gasteiger partial charge in [-0.25, -0.2) is 0 Å². The number of nitrogens with zero attached hydrogens (tertiary/aromatic N) is 2. The van der Waals surface area contributed by atoms with E-state index in [-0.39, 0.29) is 0 Å². The first kappa shape index (κ1) is 12.2. The van der Waals surface area contributed by atoms with Crippen molar-refractivity contribution in [1.29, 1.82) is 0 Å². The van der Waals surface area contributed by atoms with Crippen LogP contribution in [0.3, 0.4) is 0 Å². The van der Waals surface area contributed by atoms with E-state index >= 15 is 0 Å². The van der Waals surface area contributed by atoms with Crippen LogP contribution in [0.2, 0.25) is 0 Å². The second-order valence-corrected chi connectivity index (χ2v) is 5.17. The first-order valence-electron chi connectivity index (χ1n) is 6.40. The summed E-state index contributed by atoms with van der Waals surface area (Å²) in [4.78, 5) is 4.64. The third-order valence-corrected chi connectivity index (χ3v) is 3.29. The van der Waals surface area contributed by atoms with Crippen LogP contribution in [0.5, 0.6) is 0 Å². The Hall–Kier alpha value is -1.22.